The van der Waals surface area contributed by atoms with Crippen molar-refractivity contribution in [2.75, 3.05) is 18.6 Å². The summed E-state index contributed by atoms with van der Waals surface area (Å²) in [6, 6.07) is 7.87. The monoisotopic (exact) mass is 353 g/mol. The summed E-state index contributed by atoms with van der Waals surface area (Å²) in [6.07, 6.45) is -3.80. The highest BCUT2D eigenvalue weighted by atomic mass is 19.4. The van der Waals surface area contributed by atoms with Crippen molar-refractivity contribution in [2.45, 2.75) is 32.6 Å². The van der Waals surface area contributed by atoms with Crippen LogP contribution < -0.4 is 4.90 Å². The Morgan fingerprint density at radius 3 is 2.40 bits per heavy atom. The van der Waals surface area contributed by atoms with E-state index in [4.69, 9.17) is 0 Å². The molecular formula is C17H18F3N3O2. The average molecular weight is 353 g/mol. The summed E-state index contributed by atoms with van der Waals surface area (Å²) < 4.78 is 45.5. The first kappa shape index (κ1) is 17.3. The van der Waals surface area contributed by atoms with Crippen molar-refractivity contribution in [3.8, 4) is 0 Å². The summed E-state index contributed by atoms with van der Waals surface area (Å²) in [5, 5.41) is 3.60. The molecule has 2 heterocycles. The lowest BCUT2D eigenvalue weighted by Crippen LogP contribution is -2.23. The highest BCUT2D eigenvalue weighted by molar-refractivity contribution is 5.96. The number of benzene rings is 1. The maximum atomic E-state index is 13.2. The number of hydrogen-bond acceptors (Lipinski definition) is 4. The first-order chi connectivity index (χ1) is 11.8. The minimum absolute atomic E-state index is 0.166. The second-order valence-corrected chi connectivity index (χ2v) is 5.85. The number of methoxy groups -OCH3 is 1. The number of carbonyl (C=O) groups is 1. The van der Waals surface area contributed by atoms with Crippen LogP contribution in [0, 0.1) is 0 Å². The van der Waals surface area contributed by atoms with Gasteiger partial charge < -0.3 is 9.64 Å². The van der Waals surface area contributed by atoms with Crippen LogP contribution in [0.3, 0.4) is 0 Å². The number of rotatable bonds is 4. The number of nitrogens with zero attached hydrogens (tertiary/aromatic N) is 3. The molecule has 2 aromatic rings. The van der Waals surface area contributed by atoms with E-state index in [1.165, 1.54) is 10.2 Å². The smallest absolute Gasteiger partial charge is 0.436 e. The fourth-order valence-corrected chi connectivity index (χ4v) is 2.99. The number of halogens is 3. The molecule has 0 amide bonds. The zero-order valence-electron chi connectivity index (χ0n) is 13.9. The van der Waals surface area contributed by atoms with Crippen molar-refractivity contribution in [1.29, 1.82) is 0 Å². The van der Waals surface area contributed by atoms with E-state index in [0.717, 1.165) is 19.1 Å². The van der Waals surface area contributed by atoms with Crippen molar-refractivity contribution in [1.82, 2.24) is 9.78 Å². The van der Waals surface area contributed by atoms with Crippen LogP contribution in [0.1, 0.15) is 34.1 Å². The summed E-state index contributed by atoms with van der Waals surface area (Å²) in [5.41, 5.74) is 0.430. The summed E-state index contributed by atoms with van der Waals surface area (Å²) in [6.45, 7) is 3.23. The zero-order chi connectivity index (χ0) is 18.2. The quantitative estimate of drug-likeness (QED) is 0.792. The molecule has 0 aliphatic carbocycles. The fourth-order valence-electron chi connectivity index (χ4n) is 2.99. The molecule has 1 aliphatic rings. The predicted molar refractivity (Wildman–Crippen MR) is 85.4 cm³/mol. The van der Waals surface area contributed by atoms with Gasteiger partial charge in [0.2, 0.25) is 0 Å². The highest BCUT2D eigenvalue weighted by Crippen LogP contribution is 2.38. The lowest BCUT2D eigenvalue weighted by Gasteiger charge is -2.19. The van der Waals surface area contributed by atoms with E-state index in [-0.39, 0.29) is 5.82 Å². The van der Waals surface area contributed by atoms with Gasteiger partial charge in [0.05, 0.1) is 13.7 Å². The molecule has 1 aromatic heterocycles. The number of aryl methyl sites for hydroxylation is 1. The topological polar surface area (TPSA) is 47.4 Å². The van der Waals surface area contributed by atoms with Crippen molar-refractivity contribution in [3.05, 3.63) is 46.6 Å². The third-order valence-electron chi connectivity index (χ3n) is 4.27. The molecule has 0 radical (unpaired) electrons. The summed E-state index contributed by atoms with van der Waals surface area (Å²) >= 11 is 0. The fraction of sp³-hybridized carbons (Fsp3) is 0.412. The van der Waals surface area contributed by atoms with E-state index in [2.05, 4.69) is 16.8 Å². The van der Waals surface area contributed by atoms with Crippen LogP contribution in [-0.2, 0) is 30.4 Å². The molecule has 0 saturated heterocycles. The molecule has 0 saturated carbocycles. The number of alkyl halides is 3. The first-order valence-corrected chi connectivity index (χ1v) is 7.94. The van der Waals surface area contributed by atoms with E-state index < -0.39 is 23.4 Å². The number of anilines is 1. The van der Waals surface area contributed by atoms with Crippen LogP contribution in [0.2, 0.25) is 0 Å². The minimum atomic E-state index is -4.71. The number of fused-ring (bicyclic) bond motifs is 1. The Morgan fingerprint density at radius 2 is 1.84 bits per heavy atom. The Labute approximate surface area is 143 Å². The van der Waals surface area contributed by atoms with E-state index in [9.17, 15) is 18.0 Å². The molecule has 25 heavy (non-hydrogen) atoms. The minimum Gasteiger partial charge on any atom is -0.465 e. The van der Waals surface area contributed by atoms with E-state index in [1.807, 2.05) is 24.3 Å². The molecule has 1 aromatic carbocycles. The summed E-state index contributed by atoms with van der Waals surface area (Å²) in [7, 11) is 1.06. The summed E-state index contributed by atoms with van der Waals surface area (Å²) in [5.74, 6) is -0.861. The van der Waals surface area contributed by atoms with Crippen LogP contribution >= 0.6 is 0 Å². The van der Waals surface area contributed by atoms with Crippen LogP contribution in [0.15, 0.2) is 24.3 Å². The van der Waals surface area contributed by atoms with Crippen molar-refractivity contribution < 1.29 is 22.7 Å². The van der Waals surface area contributed by atoms with E-state index in [0.29, 0.717) is 19.6 Å². The molecule has 1 aliphatic heterocycles. The molecule has 5 nitrogen and oxygen atoms in total. The Hall–Kier alpha value is -2.51. The molecule has 3 rings (SSSR count). The molecule has 134 valence electrons. The number of ether oxygens (including phenoxy) is 1. The maximum Gasteiger partial charge on any atom is 0.436 e. The van der Waals surface area contributed by atoms with Gasteiger partial charge in [-0.05, 0) is 17.5 Å². The second-order valence-electron chi connectivity index (χ2n) is 5.85. The van der Waals surface area contributed by atoms with Crippen molar-refractivity contribution in [3.63, 3.8) is 0 Å². The molecule has 8 heteroatoms. The van der Waals surface area contributed by atoms with Gasteiger partial charge in [-0.15, -0.1) is 0 Å². The third-order valence-corrected chi connectivity index (χ3v) is 4.27. The Balaban J connectivity index is 1.97. The zero-order valence-corrected chi connectivity index (χ0v) is 13.9. The van der Waals surface area contributed by atoms with Gasteiger partial charge in [0.15, 0.2) is 5.69 Å². The summed E-state index contributed by atoms with van der Waals surface area (Å²) in [4.78, 5) is 13.7. The maximum absolute atomic E-state index is 13.2. The highest BCUT2D eigenvalue weighted by Gasteiger charge is 2.44. The average Bonchev–Trinajstić information content (AvgIpc) is 3.15. The van der Waals surface area contributed by atoms with Gasteiger partial charge in [-0.3, -0.25) is 0 Å². The molecule has 0 atom stereocenters. The van der Waals surface area contributed by atoms with Gasteiger partial charge in [-0.2, -0.15) is 18.3 Å². The van der Waals surface area contributed by atoms with Gasteiger partial charge in [0.25, 0.3) is 0 Å². The molecule has 0 unspecified atom stereocenters. The Morgan fingerprint density at radius 1 is 1.20 bits per heavy atom. The van der Waals surface area contributed by atoms with Crippen LogP contribution in [0.25, 0.3) is 0 Å². The lowest BCUT2D eigenvalue weighted by molar-refractivity contribution is -0.142. The second kappa shape index (κ2) is 6.42. The van der Waals surface area contributed by atoms with Crippen LogP contribution in [-0.4, -0.2) is 29.4 Å². The van der Waals surface area contributed by atoms with Crippen LogP contribution in [0.4, 0.5) is 19.0 Å². The largest absolute Gasteiger partial charge is 0.465 e. The van der Waals surface area contributed by atoms with Gasteiger partial charge in [0, 0.05) is 13.1 Å². The molecule has 0 spiro atoms. The van der Waals surface area contributed by atoms with E-state index in [1.54, 1.807) is 4.90 Å². The Kier molecular flexibility index (Phi) is 4.45. The molecule has 0 fully saturated rings. The Bertz CT molecular complexity index is 782. The third kappa shape index (κ3) is 3.20. The number of esters is 1. The predicted octanol–water partition coefficient (Wildman–Crippen LogP) is 3.27. The van der Waals surface area contributed by atoms with E-state index >= 15 is 0 Å². The first-order valence-electron chi connectivity index (χ1n) is 7.94. The molecular weight excluding hydrogens is 335 g/mol. The number of carbonyl (C=O) groups excluding carboxylic acids is 1. The van der Waals surface area contributed by atoms with Gasteiger partial charge >= 0.3 is 12.1 Å². The van der Waals surface area contributed by atoms with Gasteiger partial charge in [-0.1, -0.05) is 31.2 Å². The van der Waals surface area contributed by atoms with Crippen molar-refractivity contribution >= 4 is 11.8 Å². The standard InChI is InChI=1S/C17H18F3N3O2/c1-3-11-4-6-12(7-5-11)10-22-8-9-23-15(22)13(16(24)25-2)14(21-23)17(18,19)20/h4-7H,3,8-10H2,1-2H3. The number of aromatic nitrogens is 2. The molecule has 0 N–H and O–H groups in total. The van der Waals surface area contributed by atoms with Gasteiger partial charge in [0.1, 0.15) is 11.4 Å². The number of hydrogen-bond donors (Lipinski definition) is 0. The van der Waals surface area contributed by atoms with Crippen molar-refractivity contribution in [2.24, 2.45) is 0 Å². The molecule has 0 bridgehead atoms. The normalized spacial score (nSPS) is 13.9. The van der Waals surface area contributed by atoms with Crippen LogP contribution in [0.5, 0.6) is 0 Å². The lowest BCUT2D eigenvalue weighted by atomic mass is 10.1. The SMILES string of the molecule is CCc1ccc(CN2CCn3nc(C(F)(F)F)c(C(=O)OC)c32)cc1. The van der Waals surface area contributed by atoms with Gasteiger partial charge in [-0.25, -0.2) is 9.48 Å².